The number of hydrogen-bond donors (Lipinski definition) is 2. The molecule has 0 spiro atoms. The highest BCUT2D eigenvalue weighted by molar-refractivity contribution is 6.31. The molecule has 1 aromatic carbocycles. The topological polar surface area (TPSA) is 63.2 Å². The molecule has 1 atom stereocenters. The zero-order chi connectivity index (χ0) is 16.6. The van der Waals surface area contributed by atoms with E-state index >= 15 is 0 Å². The lowest BCUT2D eigenvalue weighted by atomic mass is 10.1. The number of methoxy groups -OCH3 is 1. The second-order valence-electron chi connectivity index (χ2n) is 5.02. The van der Waals surface area contributed by atoms with Crippen molar-refractivity contribution in [1.82, 2.24) is 4.98 Å². The van der Waals surface area contributed by atoms with Crippen LogP contribution >= 0.6 is 11.6 Å². The van der Waals surface area contributed by atoms with Gasteiger partial charge in [-0.3, -0.25) is 4.79 Å². The molecule has 5 nitrogen and oxygen atoms in total. The van der Waals surface area contributed by atoms with Crippen LogP contribution in [-0.4, -0.2) is 24.0 Å². The van der Waals surface area contributed by atoms with Gasteiger partial charge in [-0.05, 0) is 11.6 Å². The van der Waals surface area contributed by atoms with Gasteiger partial charge in [0.2, 0.25) is 11.8 Å². The van der Waals surface area contributed by atoms with Crippen LogP contribution in [0.15, 0.2) is 24.4 Å². The van der Waals surface area contributed by atoms with Gasteiger partial charge in [0, 0.05) is 30.4 Å². The third-order valence-electron chi connectivity index (χ3n) is 3.51. The lowest BCUT2D eigenvalue weighted by molar-refractivity contribution is -0.116. The largest absolute Gasteiger partial charge is 0.481 e. The maximum atomic E-state index is 13.7. The number of pyridine rings is 1. The van der Waals surface area contributed by atoms with Gasteiger partial charge in [-0.25, -0.2) is 13.8 Å². The Balaban J connectivity index is 1.74. The molecule has 1 aromatic heterocycles. The van der Waals surface area contributed by atoms with Crippen molar-refractivity contribution < 1.29 is 18.3 Å². The zero-order valence-electron chi connectivity index (χ0n) is 12.0. The van der Waals surface area contributed by atoms with Crippen molar-refractivity contribution in [2.24, 2.45) is 0 Å². The molecular weight excluding hydrogens is 328 g/mol. The number of benzene rings is 1. The second kappa shape index (κ2) is 6.00. The fourth-order valence-corrected chi connectivity index (χ4v) is 2.49. The van der Waals surface area contributed by atoms with Crippen LogP contribution < -0.4 is 15.4 Å². The van der Waals surface area contributed by atoms with Crippen LogP contribution in [0.3, 0.4) is 0 Å². The zero-order valence-corrected chi connectivity index (χ0v) is 12.7. The van der Waals surface area contributed by atoms with Gasteiger partial charge in [0.1, 0.15) is 17.7 Å². The maximum Gasteiger partial charge on any atom is 0.247 e. The van der Waals surface area contributed by atoms with Gasteiger partial charge in [-0.15, -0.1) is 0 Å². The number of rotatable bonds is 3. The number of fused-ring (bicyclic) bond motifs is 1. The molecule has 120 valence electrons. The molecule has 8 heteroatoms. The molecule has 0 bridgehead atoms. The number of anilines is 2. The summed E-state index contributed by atoms with van der Waals surface area (Å²) in [4.78, 5) is 16.3. The number of amides is 1. The molecule has 1 unspecified atom stereocenters. The highest BCUT2D eigenvalue weighted by Gasteiger charge is 2.28. The van der Waals surface area contributed by atoms with E-state index in [-0.39, 0.29) is 10.7 Å². The highest BCUT2D eigenvalue weighted by Crippen LogP contribution is 2.29. The smallest absolute Gasteiger partial charge is 0.247 e. The van der Waals surface area contributed by atoms with E-state index in [2.05, 4.69) is 15.6 Å². The average molecular weight is 340 g/mol. The first-order chi connectivity index (χ1) is 11.0. The summed E-state index contributed by atoms with van der Waals surface area (Å²) < 4.78 is 31.8. The Hall–Kier alpha value is -2.41. The van der Waals surface area contributed by atoms with Crippen molar-refractivity contribution in [3.05, 3.63) is 46.6 Å². The SMILES string of the molecule is COc1cc2c(cn1)CC(C(=O)Nc1cc(Cl)c(F)cc1F)N2. The molecule has 0 saturated carbocycles. The maximum absolute atomic E-state index is 13.7. The summed E-state index contributed by atoms with van der Waals surface area (Å²) in [5.41, 5.74) is 1.41. The number of hydrogen-bond acceptors (Lipinski definition) is 4. The third-order valence-corrected chi connectivity index (χ3v) is 3.80. The number of aromatic nitrogens is 1. The van der Waals surface area contributed by atoms with Crippen LogP contribution in [0.2, 0.25) is 5.02 Å². The number of carbonyl (C=O) groups excluding carboxylic acids is 1. The molecule has 0 aliphatic carbocycles. The molecule has 2 aromatic rings. The molecule has 2 heterocycles. The van der Waals surface area contributed by atoms with Crippen LogP contribution in [0.4, 0.5) is 20.2 Å². The Labute approximate surface area is 135 Å². The predicted octanol–water partition coefficient (Wildman–Crippen LogP) is 3.00. The van der Waals surface area contributed by atoms with Crippen LogP contribution in [0, 0.1) is 11.6 Å². The summed E-state index contributed by atoms with van der Waals surface area (Å²) >= 11 is 5.60. The molecule has 1 amide bonds. The molecule has 0 radical (unpaired) electrons. The van der Waals surface area contributed by atoms with Gasteiger partial charge in [-0.1, -0.05) is 11.6 Å². The van der Waals surface area contributed by atoms with Crippen LogP contribution in [-0.2, 0) is 11.2 Å². The Morgan fingerprint density at radius 3 is 2.91 bits per heavy atom. The summed E-state index contributed by atoms with van der Waals surface area (Å²) in [6.07, 6.45) is 2.01. The Kier molecular flexibility index (Phi) is 4.04. The highest BCUT2D eigenvalue weighted by atomic mass is 35.5. The molecule has 0 fully saturated rings. The summed E-state index contributed by atoms with van der Waals surface area (Å²) in [5, 5.41) is 5.15. The van der Waals surface area contributed by atoms with Gasteiger partial charge in [0.05, 0.1) is 17.8 Å². The van der Waals surface area contributed by atoms with Gasteiger partial charge < -0.3 is 15.4 Å². The van der Waals surface area contributed by atoms with Crippen molar-refractivity contribution in [1.29, 1.82) is 0 Å². The minimum Gasteiger partial charge on any atom is -0.481 e. The quantitative estimate of drug-likeness (QED) is 0.844. The number of ether oxygens (including phenoxy) is 1. The summed E-state index contributed by atoms with van der Waals surface area (Å²) in [6, 6.07) is 2.75. The number of nitrogens with one attached hydrogen (secondary N) is 2. The molecule has 3 rings (SSSR count). The summed E-state index contributed by atoms with van der Waals surface area (Å²) in [6.45, 7) is 0. The van der Waals surface area contributed by atoms with E-state index in [4.69, 9.17) is 16.3 Å². The van der Waals surface area contributed by atoms with Crippen LogP contribution in [0.1, 0.15) is 5.56 Å². The summed E-state index contributed by atoms with van der Waals surface area (Å²) in [5.74, 6) is -1.80. The van der Waals surface area contributed by atoms with E-state index < -0.39 is 23.6 Å². The van der Waals surface area contributed by atoms with E-state index in [0.717, 1.165) is 17.3 Å². The van der Waals surface area contributed by atoms with Crippen molar-refractivity contribution in [2.45, 2.75) is 12.5 Å². The Bertz CT molecular complexity index is 786. The monoisotopic (exact) mass is 339 g/mol. The first-order valence-corrected chi connectivity index (χ1v) is 7.10. The third kappa shape index (κ3) is 3.05. The lowest BCUT2D eigenvalue weighted by Crippen LogP contribution is -2.33. The fraction of sp³-hybridized carbons (Fsp3) is 0.200. The average Bonchev–Trinajstić information content (AvgIpc) is 2.95. The van der Waals surface area contributed by atoms with E-state index in [9.17, 15) is 13.6 Å². The van der Waals surface area contributed by atoms with Crippen molar-refractivity contribution in [3.8, 4) is 5.88 Å². The van der Waals surface area contributed by atoms with Crippen molar-refractivity contribution in [3.63, 3.8) is 0 Å². The first-order valence-electron chi connectivity index (χ1n) is 6.73. The van der Waals surface area contributed by atoms with E-state index in [1.807, 2.05) is 0 Å². The Morgan fingerprint density at radius 1 is 1.39 bits per heavy atom. The van der Waals surface area contributed by atoms with Gasteiger partial charge >= 0.3 is 0 Å². The molecule has 23 heavy (non-hydrogen) atoms. The fourth-order valence-electron chi connectivity index (χ4n) is 2.33. The first kappa shape index (κ1) is 15.5. The number of carbonyl (C=O) groups is 1. The molecule has 1 aliphatic rings. The van der Waals surface area contributed by atoms with E-state index in [1.165, 1.54) is 7.11 Å². The lowest BCUT2D eigenvalue weighted by Gasteiger charge is -2.13. The number of halogens is 3. The van der Waals surface area contributed by atoms with Crippen molar-refractivity contribution >= 4 is 28.9 Å². The minimum atomic E-state index is -0.890. The van der Waals surface area contributed by atoms with E-state index in [0.29, 0.717) is 18.4 Å². The molecule has 2 N–H and O–H groups in total. The molecular formula is C15H12ClF2N3O2. The van der Waals surface area contributed by atoms with Crippen LogP contribution in [0.25, 0.3) is 0 Å². The predicted molar refractivity (Wildman–Crippen MR) is 81.9 cm³/mol. The van der Waals surface area contributed by atoms with Gasteiger partial charge in [0.15, 0.2) is 0 Å². The minimum absolute atomic E-state index is 0.171. The van der Waals surface area contributed by atoms with Crippen LogP contribution in [0.5, 0.6) is 5.88 Å². The molecule has 0 saturated heterocycles. The Morgan fingerprint density at radius 2 is 2.17 bits per heavy atom. The normalized spacial score (nSPS) is 15.7. The van der Waals surface area contributed by atoms with Gasteiger partial charge in [0.25, 0.3) is 0 Å². The standard InChI is InChI=1S/C15H12ClF2N3O2/c1-23-14-5-11-7(6-19-14)2-13(20-11)15(22)21-12-3-8(16)9(17)4-10(12)18/h3-6,13,20H,2H2,1H3,(H,21,22). The summed E-state index contributed by atoms with van der Waals surface area (Å²) in [7, 11) is 1.49. The number of nitrogens with zero attached hydrogens (tertiary/aromatic N) is 1. The van der Waals surface area contributed by atoms with Crippen molar-refractivity contribution in [2.75, 3.05) is 17.7 Å². The van der Waals surface area contributed by atoms with Gasteiger partial charge in [-0.2, -0.15) is 0 Å². The second-order valence-corrected chi connectivity index (χ2v) is 5.43. The van der Waals surface area contributed by atoms with E-state index in [1.54, 1.807) is 12.3 Å². The molecule has 1 aliphatic heterocycles.